The van der Waals surface area contributed by atoms with Gasteiger partial charge in [0, 0.05) is 13.7 Å². The Labute approximate surface area is 91.2 Å². The molecule has 0 bridgehead atoms. The number of rotatable bonds is 6. The lowest BCUT2D eigenvalue weighted by atomic mass is 10.1. The van der Waals surface area contributed by atoms with Crippen LogP contribution < -0.4 is 5.73 Å². The SMILES string of the molecule is COCC(C)OCc1cccc(CN)c1. The van der Waals surface area contributed by atoms with E-state index in [1.807, 2.05) is 25.1 Å². The molecule has 1 aromatic carbocycles. The van der Waals surface area contributed by atoms with E-state index in [2.05, 4.69) is 6.07 Å². The van der Waals surface area contributed by atoms with Gasteiger partial charge in [-0.25, -0.2) is 0 Å². The van der Waals surface area contributed by atoms with E-state index in [-0.39, 0.29) is 6.10 Å². The van der Waals surface area contributed by atoms with Crippen molar-refractivity contribution in [2.24, 2.45) is 5.73 Å². The molecule has 0 aliphatic rings. The van der Waals surface area contributed by atoms with Gasteiger partial charge in [-0.3, -0.25) is 0 Å². The van der Waals surface area contributed by atoms with Gasteiger partial charge in [-0.15, -0.1) is 0 Å². The predicted octanol–water partition coefficient (Wildman–Crippen LogP) is 1.70. The Morgan fingerprint density at radius 3 is 2.73 bits per heavy atom. The molecule has 1 rings (SSSR count). The van der Waals surface area contributed by atoms with Gasteiger partial charge in [0.05, 0.1) is 19.3 Å². The molecule has 0 aliphatic heterocycles. The highest BCUT2D eigenvalue weighted by Gasteiger charge is 2.01. The van der Waals surface area contributed by atoms with Crippen molar-refractivity contribution in [1.29, 1.82) is 0 Å². The molecule has 2 N–H and O–H groups in total. The van der Waals surface area contributed by atoms with Crippen LogP contribution in [0.4, 0.5) is 0 Å². The van der Waals surface area contributed by atoms with Crippen LogP contribution >= 0.6 is 0 Å². The highest BCUT2D eigenvalue weighted by atomic mass is 16.5. The second-order valence-electron chi connectivity index (χ2n) is 3.60. The van der Waals surface area contributed by atoms with E-state index in [1.165, 1.54) is 0 Å². The van der Waals surface area contributed by atoms with Gasteiger partial charge in [-0.05, 0) is 18.1 Å². The highest BCUT2D eigenvalue weighted by Crippen LogP contribution is 2.07. The first-order valence-corrected chi connectivity index (χ1v) is 5.14. The molecule has 0 saturated carbocycles. The molecule has 0 spiro atoms. The molecule has 15 heavy (non-hydrogen) atoms. The van der Waals surface area contributed by atoms with Crippen LogP contribution in [-0.4, -0.2) is 19.8 Å². The molecule has 3 heteroatoms. The smallest absolute Gasteiger partial charge is 0.0784 e. The third-order valence-electron chi connectivity index (χ3n) is 2.16. The first kappa shape index (κ1) is 12.2. The molecular weight excluding hydrogens is 190 g/mol. The summed E-state index contributed by atoms with van der Waals surface area (Å²) in [6, 6.07) is 8.13. The van der Waals surface area contributed by atoms with E-state index in [0.29, 0.717) is 19.8 Å². The fourth-order valence-corrected chi connectivity index (χ4v) is 1.37. The molecule has 1 atom stereocenters. The Bertz CT molecular complexity index is 289. The normalized spacial score (nSPS) is 12.7. The minimum absolute atomic E-state index is 0.122. The Kier molecular flexibility index (Phi) is 5.32. The van der Waals surface area contributed by atoms with Crippen molar-refractivity contribution < 1.29 is 9.47 Å². The first-order chi connectivity index (χ1) is 7.26. The van der Waals surface area contributed by atoms with Crippen molar-refractivity contribution in [3.8, 4) is 0 Å². The van der Waals surface area contributed by atoms with Gasteiger partial charge in [0.25, 0.3) is 0 Å². The molecule has 0 aliphatic carbocycles. The lowest BCUT2D eigenvalue weighted by Gasteiger charge is -2.12. The maximum absolute atomic E-state index is 5.60. The fraction of sp³-hybridized carbons (Fsp3) is 0.500. The maximum Gasteiger partial charge on any atom is 0.0784 e. The molecule has 3 nitrogen and oxygen atoms in total. The summed E-state index contributed by atoms with van der Waals surface area (Å²) in [5.41, 5.74) is 7.85. The van der Waals surface area contributed by atoms with Crippen molar-refractivity contribution in [3.63, 3.8) is 0 Å². The molecule has 0 aromatic heterocycles. The zero-order chi connectivity index (χ0) is 11.1. The monoisotopic (exact) mass is 209 g/mol. The Morgan fingerprint density at radius 1 is 1.33 bits per heavy atom. The van der Waals surface area contributed by atoms with Crippen LogP contribution in [0, 0.1) is 0 Å². The molecular formula is C12H19NO2. The predicted molar refractivity (Wildman–Crippen MR) is 60.5 cm³/mol. The molecule has 1 unspecified atom stereocenters. The second-order valence-corrected chi connectivity index (χ2v) is 3.60. The first-order valence-electron chi connectivity index (χ1n) is 5.14. The van der Waals surface area contributed by atoms with Crippen molar-refractivity contribution in [2.75, 3.05) is 13.7 Å². The van der Waals surface area contributed by atoms with Gasteiger partial charge in [-0.2, -0.15) is 0 Å². The molecule has 0 radical (unpaired) electrons. The molecule has 0 saturated heterocycles. The average Bonchev–Trinajstić information content (AvgIpc) is 2.27. The number of benzene rings is 1. The minimum atomic E-state index is 0.122. The van der Waals surface area contributed by atoms with Crippen LogP contribution in [0.25, 0.3) is 0 Å². The van der Waals surface area contributed by atoms with Crippen LogP contribution in [0.2, 0.25) is 0 Å². The van der Waals surface area contributed by atoms with E-state index in [0.717, 1.165) is 11.1 Å². The zero-order valence-electron chi connectivity index (χ0n) is 9.40. The highest BCUT2D eigenvalue weighted by molar-refractivity contribution is 5.22. The number of hydrogen-bond acceptors (Lipinski definition) is 3. The topological polar surface area (TPSA) is 44.5 Å². The van der Waals surface area contributed by atoms with E-state index in [9.17, 15) is 0 Å². The van der Waals surface area contributed by atoms with Crippen LogP contribution in [-0.2, 0) is 22.6 Å². The summed E-state index contributed by atoms with van der Waals surface area (Å²) >= 11 is 0. The largest absolute Gasteiger partial charge is 0.382 e. The summed E-state index contributed by atoms with van der Waals surface area (Å²) in [5, 5.41) is 0. The van der Waals surface area contributed by atoms with Gasteiger partial charge in [-0.1, -0.05) is 24.3 Å². The van der Waals surface area contributed by atoms with Crippen molar-refractivity contribution in [3.05, 3.63) is 35.4 Å². The molecule has 1 aromatic rings. The molecule has 84 valence electrons. The Morgan fingerprint density at radius 2 is 2.07 bits per heavy atom. The van der Waals surface area contributed by atoms with Crippen LogP contribution in [0.3, 0.4) is 0 Å². The molecule has 0 amide bonds. The lowest BCUT2D eigenvalue weighted by Crippen LogP contribution is -2.14. The van der Waals surface area contributed by atoms with Gasteiger partial charge in [0.15, 0.2) is 0 Å². The summed E-state index contributed by atoms with van der Waals surface area (Å²) in [6.07, 6.45) is 0.122. The summed E-state index contributed by atoms with van der Waals surface area (Å²) in [7, 11) is 1.68. The van der Waals surface area contributed by atoms with Crippen LogP contribution in [0.1, 0.15) is 18.1 Å². The van der Waals surface area contributed by atoms with E-state index in [1.54, 1.807) is 7.11 Å². The molecule has 0 fully saturated rings. The standard InChI is InChI=1S/C12H19NO2/c1-10(8-14-2)15-9-12-5-3-4-11(6-12)7-13/h3-6,10H,7-9,13H2,1-2H3. The summed E-state index contributed by atoms with van der Waals surface area (Å²) in [5.74, 6) is 0. The number of ether oxygens (including phenoxy) is 2. The maximum atomic E-state index is 5.60. The average molecular weight is 209 g/mol. The third-order valence-corrected chi connectivity index (χ3v) is 2.16. The second kappa shape index (κ2) is 6.56. The van der Waals surface area contributed by atoms with E-state index in [4.69, 9.17) is 15.2 Å². The van der Waals surface area contributed by atoms with Gasteiger partial charge in [0.2, 0.25) is 0 Å². The number of hydrogen-bond donors (Lipinski definition) is 1. The third kappa shape index (κ3) is 4.42. The lowest BCUT2D eigenvalue weighted by molar-refractivity contribution is -0.000143. The quantitative estimate of drug-likeness (QED) is 0.775. The molecule has 0 heterocycles. The number of methoxy groups -OCH3 is 1. The zero-order valence-corrected chi connectivity index (χ0v) is 9.40. The van der Waals surface area contributed by atoms with Crippen LogP contribution in [0.15, 0.2) is 24.3 Å². The summed E-state index contributed by atoms with van der Waals surface area (Å²) < 4.78 is 10.6. The van der Waals surface area contributed by atoms with Crippen molar-refractivity contribution in [2.45, 2.75) is 26.2 Å². The van der Waals surface area contributed by atoms with E-state index < -0.39 is 0 Å². The van der Waals surface area contributed by atoms with Gasteiger partial charge >= 0.3 is 0 Å². The minimum Gasteiger partial charge on any atom is -0.382 e. The fourth-order valence-electron chi connectivity index (χ4n) is 1.37. The van der Waals surface area contributed by atoms with E-state index >= 15 is 0 Å². The van der Waals surface area contributed by atoms with Crippen molar-refractivity contribution in [1.82, 2.24) is 0 Å². The van der Waals surface area contributed by atoms with Crippen molar-refractivity contribution >= 4 is 0 Å². The summed E-state index contributed by atoms with van der Waals surface area (Å²) in [4.78, 5) is 0. The summed E-state index contributed by atoms with van der Waals surface area (Å²) in [6.45, 7) is 3.80. The Hall–Kier alpha value is -0.900. The van der Waals surface area contributed by atoms with Gasteiger partial charge in [0.1, 0.15) is 0 Å². The number of nitrogens with two attached hydrogens (primary N) is 1. The van der Waals surface area contributed by atoms with Gasteiger partial charge < -0.3 is 15.2 Å². The Balaban J connectivity index is 2.43. The van der Waals surface area contributed by atoms with Crippen LogP contribution in [0.5, 0.6) is 0 Å².